The van der Waals surface area contributed by atoms with Crippen molar-refractivity contribution in [3.8, 4) is 0 Å². The SMILES string of the molecule is CCc1cccc(C)c1CNc1cc(C(=O)O)cn2c(C)c(C)nc12.CCc1cccc(CC)c1CNc1cc(C(=O)O)cn2c(C)c(C)nc12.Cc1cc(C)c(CNc2cc(C(=O)O)cn3c(C)c(C)nc23)c(C)c1.Cc1cc(F)cc(C)c1CNc1cc(C(=O)O)cn2c(C)c(C)nc12.Cc1cccc(C(C)C)c1CNc1cc(C(=O)O)cn2c(C)c(C)nc12. The Bertz CT molecular complexity index is 6420. The molecule has 10 heterocycles. The third-order valence-electron chi connectivity index (χ3n) is 24.1. The summed E-state index contributed by atoms with van der Waals surface area (Å²) in [5, 5.41) is 64.0. The number of benzene rings is 5. The maximum Gasteiger partial charge on any atom is 0.337 e. The summed E-state index contributed by atoms with van der Waals surface area (Å²) in [7, 11) is 0. The second-order valence-corrected chi connectivity index (χ2v) is 32.9. The molecule has 127 heavy (non-hydrogen) atoms. The average Bonchev–Trinajstić information content (AvgIpc) is 1.64. The van der Waals surface area contributed by atoms with Crippen molar-refractivity contribution in [2.45, 2.75) is 210 Å². The molecule has 26 heteroatoms. The number of hydrogen-bond acceptors (Lipinski definition) is 15. The van der Waals surface area contributed by atoms with Gasteiger partial charge in [0.05, 0.1) is 84.7 Å². The van der Waals surface area contributed by atoms with Crippen LogP contribution in [0.1, 0.15) is 238 Å². The van der Waals surface area contributed by atoms with Crippen molar-refractivity contribution >= 4 is 86.5 Å². The lowest BCUT2D eigenvalue weighted by atomic mass is 9.94. The van der Waals surface area contributed by atoms with Crippen LogP contribution in [0.3, 0.4) is 0 Å². The number of aromatic nitrogens is 10. The quantitative estimate of drug-likeness (QED) is 0.0269. The number of carboxylic acid groups (broad SMARTS) is 5. The predicted octanol–water partition coefficient (Wildman–Crippen LogP) is 21.4. The molecule has 0 spiro atoms. The number of hydrogen-bond donors (Lipinski definition) is 10. The molecular weight excluding hydrogens is 1600 g/mol. The summed E-state index contributed by atoms with van der Waals surface area (Å²) in [4.78, 5) is 80.4. The maximum atomic E-state index is 13.5. The van der Waals surface area contributed by atoms with Gasteiger partial charge < -0.3 is 74.1 Å². The fourth-order valence-corrected chi connectivity index (χ4v) is 16.1. The molecule has 0 saturated heterocycles. The van der Waals surface area contributed by atoms with Gasteiger partial charge in [0.25, 0.3) is 0 Å². The van der Waals surface area contributed by atoms with Crippen molar-refractivity contribution in [2.75, 3.05) is 26.6 Å². The van der Waals surface area contributed by atoms with Crippen molar-refractivity contribution in [3.63, 3.8) is 0 Å². The van der Waals surface area contributed by atoms with E-state index in [4.69, 9.17) is 0 Å². The predicted molar refractivity (Wildman–Crippen MR) is 502 cm³/mol. The van der Waals surface area contributed by atoms with Crippen LogP contribution in [-0.2, 0) is 52.0 Å². The number of carbonyl (C=O) groups is 5. The molecule has 0 saturated carbocycles. The van der Waals surface area contributed by atoms with Crippen LogP contribution in [0.4, 0.5) is 32.8 Å². The topological polar surface area (TPSA) is 333 Å². The Labute approximate surface area is 739 Å². The van der Waals surface area contributed by atoms with E-state index in [0.717, 1.165) is 138 Å². The first kappa shape index (κ1) is 93.5. The van der Waals surface area contributed by atoms with Crippen molar-refractivity contribution < 1.29 is 53.9 Å². The summed E-state index contributed by atoms with van der Waals surface area (Å²) in [5.41, 5.74) is 36.7. The minimum absolute atomic E-state index is 0.183. The van der Waals surface area contributed by atoms with Crippen molar-refractivity contribution in [2.24, 2.45) is 0 Å². The van der Waals surface area contributed by atoms with Gasteiger partial charge in [0.1, 0.15) is 5.82 Å². The van der Waals surface area contributed by atoms with Gasteiger partial charge in [-0.05, 0) is 269 Å². The van der Waals surface area contributed by atoms with Crippen molar-refractivity contribution in [1.82, 2.24) is 46.9 Å². The van der Waals surface area contributed by atoms with Crippen molar-refractivity contribution in [1.29, 1.82) is 0 Å². The molecule has 25 nitrogen and oxygen atoms in total. The molecule has 0 bridgehead atoms. The molecule has 15 rings (SSSR count). The standard InChI is InChI=1S/2C21H25N3O2.2C20H23N3O2.C19H20FN3O2/c1-12(2)17-8-6-7-13(3)18(17)10-22-19-9-16(21(25)26)11-24-15(5)14(4)23-20(19)24;1-5-15-8-7-9-16(6-2)18(15)11-22-19-10-17(21(25)26)12-24-14(4)13(3)23-20(19)24;1-11-6-12(2)17(13(3)7-11)9-21-18-8-16(20(24)25)10-23-15(5)14(4)22-19(18)23;1-5-15-8-6-7-12(2)17(15)10-21-18-9-16(20(24)25)11-23-14(4)13(3)22-19(18)23;1-10-5-15(20)6-11(2)16(10)8-21-17-7-14(19(24)25)9-23-13(4)12(3)22-18(17)23/h6-9,11-12,22H,10H2,1-5H3,(H,25,26);7-10,12,22H,5-6,11H2,1-4H3,(H,25,26);6-8,10,21H,9H2,1-5H3,(H,24,25);6-9,11,21H,5,10H2,1-4H3,(H,24,25);5-7,9,21H,8H2,1-4H3,(H,24,25). The smallest absolute Gasteiger partial charge is 0.337 e. The zero-order chi connectivity index (χ0) is 92.6. The lowest BCUT2D eigenvalue weighted by molar-refractivity contribution is 0.0685. The third kappa shape index (κ3) is 20.8. The van der Waals surface area contributed by atoms with Crippen LogP contribution in [0.15, 0.2) is 140 Å². The van der Waals surface area contributed by atoms with Gasteiger partial charge in [0.15, 0.2) is 28.2 Å². The van der Waals surface area contributed by atoms with Crippen LogP contribution in [0.25, 0.3) is 28.2 Å². The Morgan fingerprint density at radius 2 is 0.551 bits per heavy atom. The number of anilines is 5. The molecule has 10 N–H and O–H groups in total. The van der Waals surface area contributed by atoms with Gasteiger partial charge in [0.2, 0.25) is 0 Å². The van der Waals surface area contributed by atoms with Gasteiger partial charge in [-0.3, -0.25) is 0 Å². The molecule has 662 valence electrons. The van der Waals surface area contributed by atoms with E-state index in [2.05, 4.69) is 187 Å². The number of pyridine rings is 5. The highest BCUT2D eigenvalue weighted by Crippen LogP contribution is 2.33. The van der Waals surface area contributed by atoms with Crippen LogP contribution in [0, 0.1) is 124 Å². The maximum absolute atomic E-state index is 13.5. The Morgan fingerprint density at radius 3 is 0.827 bits per heavy atom. The second-order valence-electron chi connectivity index (χ2n) is 32.9. The van der Waals surface area contributed by atoms with Gasteiger partial charge >= 0.3 is 29.8 Å². The van der Waals surface area contributed by atoms with Gasteiger partial charge in [-0.2, -0.15) is 0 Å². The average molecular weight is 1720 g/mol. The van der Waals surface area contributed by atoms with E-state index in [1.165, 1.54) is 84.5 Å². The number of aryl methyl sites for hydroxylation is 20. The molecular formula is C101H116FN15O10. The second kappa shape index (κ2) is 39.8. The van der Waals surface area contributed by atoms with Crippen LogP contribution in [-0.4, -0.2) is 102 Å². The highest BCUT2D eigenvalue weighted by atomic mass is 19.1. The minimum Gasteiger partial charge on any atom is -0.478 e. The van der Waals surface area contributed by atoms with Crippen LogP contribution >= 0.6 is 0 Å². The fourth-order valence-electron chi connectivity index (χ4n) is 16.1. The number of imidazole rings is 5. The van der Waals surface area contributed by atoms with Gasteiger partial charge in [-0.15, -0.1) is 0 Å². The lowest BCUT2D eigenvalue weighted by Gasteiger charge is -2.17. The molecule has 0 radical (unpaired) electrons. The number of aromatic carboxylic acids is 5. The molecule has 0 unspecified atom stereocenters. The summed E-state index contributed by atoms with van der Waals surface area (Å²) in [6, 6.07) is 34.6. The van der Waals surface area contributed by atoms with E-state index in [1.807, 2.05) is 101 Å². The van der Waals surface area contributed by atoms with E-state index in [0.29, 0.717) is 50.0 Å². The van der Waals surface area contributed by atoms with E-state index in [-0.39, 0.29) is 33.6 Å². The van der Waals surface area contributed by atoms with Crippen LogP contribution < -0.4 is 26.6 Å². The van der Waals surface area contributed by atoms with Gasteiger partial charge in [-0.25, -0.2) is 53.3 Å². The first-order valence-corrected chi connectivity index (χ1v) is 42.6. The molecule has 15 aromatic rings. The zero-order valence-corrected chi connectivity index (χ0v) is 76.6. The molecule has 0 fully saturated rings. The summed E-state index contributed by atoms with van der Waals surface area (Å²) >= 11 is 0. The number of carboxylic acids is 5. The molecule has 5 aromatic carbocycles. The third-order valence-corrected chi connectivity index (χ3v) is 24.1. The highest BCUT2D eigenvalue weighted by Gasteiger charge is 2.23. The zero-order valence-electron chi connectivity index (χ0n) is 76.6. The monoisotopic (exact) mass is 1720 g/mol. The van der Waals surface area contributed by atoms with E-state index in [1.54, 1.807) is 65.7 Å². The van der Waals surface area contributed by atoms with Gasteiger partial charge in [-0.1, -0.05) is 107 Å². The minimum atomic E-state index is -0.996. The summed E-state index contributed by atoms with van der Waals surface area (Å²) in [6.45, 7) is 47.4. The summed E-state index contributed by atoms with van der Waals surface area (Å²) in [5.74, 6) is -4.60. The summed E-state index contributed by atoms with van der Waals surface area (Å²) in [6.07, 6.45) is 11.0. The number of rotatable bonds is 24. The van der Waals surface area contributed by atoms with Crippen LogP contribution in [0.2, 0.25) is 0 Å². The van der Waals surface area contributed by atoms with Crippen LogP contribution in [0.5, 0.6) is 0 Å². The largest absolute Gasteiger partial charge is 0.478 e. The molecule has 0 aliphatic heterocycles. The van der Waals surface area contributed by atoms with Gasteiger partial charge in [0, 0.05) is 92.2 Å². The Morgan fingerprint density at radius 1 is 0.315 bits per heavy atom. The normalized spacial score (nSPS) is 11.1. The molecule has 0 aliphatic rings. The van der Waals surface area contributed by atoms with E-state index < -0.39 is 29.8 Å². The van der Waals surface area contributed by atoms with Crippen molar-refractivity contribution in [3.05, 3.63) is 320 Å². The first-order chi connectivity index (χ1) is 60.2. The Kier molecular flexibility index (Phi) is 29.3. The van der Waals surface area contributed by atoms with E-state index in [9.17, 15) is 53.9 Å². The molecule has 0 atom stereocenters. The van der Waals surface area contributed by atoms with E-state index >= 15 is 0 Å². The first-order valence-electron chi connectivity index (χ1n) is 42.6. The number of fused-ring (bicyclic) bond motifs is 5. The summed E-state index contributed by atoms with van der Waals surface area (Å²) < 4.78 is 22.6. The Hall–Kier alpha value is -14.2. The number of nitrogens with zero attached hydrogens (tertiary/aromatic N) is 10. The lowest BCUT2D eigenvalue weighted by Crippen LogP contribution is -2.09. The molecule has 10 aromatic heterocycles. The number of nitrogens with one attached hydrogen (secondary N) is 5. The molecule has 0 amide bonds. The fraction of sp³-hybridized carbons (Fsp3) is 0.307. The number of halogens is 1. The highest BCUT2D eigenvalue weighted by molar-refractivity contribution is 5.94. The Balaban J connectivity index is 0.000000154. The molecule has 0 aliphatic carbocycles.